The summed E-state index contributed by atoms with van der Waals surface area (Å²) in [6.45, 7) is 0.728. The minimum atomic E-state index is -7.85. The van der Waals surface area contributed by atoms with Crippen molar-refractivity contribution in [2.75, 3.05) is 0 Å². The maximum atomic E-state index is 12.5. The fourth-order valence-electron chi connectivity index (χ4n) is 3.70. The Balaban J connectivity index is 9.57. The summed E-state index contributed by atoms with van der Waals surface area (Å²) in [5.74, 6) is -3.41. The van der Waals surface area contributed by atoms with Crippen molar-refractivity contribution >= 4 is 51.5 Å². The minimum Gasteiger partial charge on any atom is -0.480 e. The molecule has 0 aromatic rings. The maximum absolute atomic E-state index is 12.5. The molecule has 0 aliphatic rings. The van der Waals surface area contributed by atoms with E-state index in [1.165, 1.54) is 0 Å². The highest BCUT2D eigenvalue weighted by Crippen LogP contribution is 2.99. The van der Waals surface area contributed by atoms with Gasteiger partial charge in [-0.3, -0.25) is 32.2 Å². The molecule has 0 radical (unpaired) electrons. The Bertz CT molecular complexity index is 993. The fourth-order valence-corrected chi connectivity index (χ4v) is 20.9. The molecule has 198 valence electrons. The average molecular weight is 610 g/mol. The summed E-state index contributed by atoms with van der Waals surface area (Å²) in [6.07, 6.45) is -3.22. The standard InChI is InChI=1S/C7H20O20P6/c1-2-3-5(4(8)9,28(10,11)12)6(29(13,14)15,30(16,17)18)7(31(19,20)21,32(22,23)24)33(25,26)27/h2-3H2,1H3,(H,8,9)(H2,10,11,12)(H2,13,14,15)(H2,16,17,18)(H2,19,20,21)(H2,22,23,24)(H2,25,26,27). The number of carbonyl (C=O) groups is 1. The SMILES string of the molecule is CCCC(C(=O)O)(C(C(P(=O)(O)O)(P(=O)(O)O)P(=O)(O)O)(P(=O)(O)O)P(=O)(O)O)P(=O)(O)O. The second kappa shape index (κ2) is 9.04. The average Bonchev–Trinajstić information content (AvgIpc) is 2.41. The van der Waals surface area contributed by atoms with Crippen molar-refractivity contribution in [1.29, 1.82) is 0 Å². The van der Waals surface area contributed by atoms with Crippen LogP contribution in [0.25, 0.3) is 0 Å². The van der Waals surface area contributed by atoms with Crippen molar-refractivity contribution in [2.24, 2.45) is 0 Å². The number of carboxylic acids is 1. The number of hydrogen-bond donors (Lipinski definition) is 13. The van der Waals surface area contributed by atoms with Gasteiger partial charge in [0.25, 0.3) is 0 Å². The molecule has 0 aromatic heterocycles. The molecule has 0 saturated carbocycles. The van der Waals surface area contributed by atoms with Crippen LogP contribution in [0.4, 0.5) is 0 Å². The van der Waals surface area contributed by atoms with Gasteiger partial charge in [-0.25, -0.2) is 0 Å². The molecule has 1 unspecified atom stereocenters. The lowest BCUT2D eigenvalue weighted by molar-refractivity contribution is -0.142. The molecule has 0 aliphatic carbocycles. The maximum Gasteiger partial charge on any atom is 0.358 e. The van der Waals surface area contributed by atoms with E-state index in [0.29, 0.717) is 0 Å². The summed E-state index contributed by atoms with van der Waals surface area (Å²) in [5, 5.41) is 4.28. The molecule has 0 amide bonds. The van der Waals surface area contributed by atoms with Crippen LogP contribution in [0.1, 0.15) is 19.8 Å². The number of rotatable bonds is 11. The zero-order chi connectivity index (χ0) is 27.5. The van der Waals surface area contributed by atoms with Crippen molar-refractivity contribution in [3.05, 3.63) is 0 Å². The Morgan fingerprint density at radius 1 is 0.576 bits per heavy atom. The summed E-state index contributed by atoms with van der Waals surface area (Å²) in [7, 11) is -46.4. The Morgan fingerprint density at radius 2 is 0.848 bits per heavy atom. The van der Waals surface area contributed by atoms with Gasteiger partial charge in [0.2, 0.25) is 4.90 Å². The number of aliphatic carboxylic acids is 1. The highest BCUT2D eigenvalue weighted by atomic mass is 31.3. The molecule has 20 nitrogen and oxygen atoms in total. The third-order valence-corrected chi connectivity index (χ3v) is 20.5. The van der Waals surface area contributed by atoms with Crippen molar-refractivity contribution in [1.82, 2.24) is 0 Å². The molecular formula is C7H20O20P6. The first-order valence-electron chi connectivity index (χ1n) is 7.58. The lowest BCUT2D eigenvalue weighted by Gasteiger charge is -2.55. The molecule has 1 atom stereocenters. The molecule has 33 heavy (non-hydrogen) atoms. The van der Waals surface area contributed by atoms with Crippen LogP contribution < -0.4 is 0 Å². The van der Waals surface area contributed by atoms with Gasteiger partial charge in [-0.15, -0.1) is 0 Å². The number of hydrogen-bond acceptors (Lipinski definition) is 7. The molecule has 0 bridgehead atoms. The van der Waals surface area contributed by atoms with E-state index in [1.807, 2.05) is 0 Å². The van der Waals surface area contributed by atoms with Gasteiger partial charge in [0.05, 0.1) is 0 Å². The third kappa shape index (κ3) is 4.40. The summed E-state index contributed by atoms with van der Waals surface area (Å²) in [4.78, 5) is 122. The predicted octanol–water partition coefficient (Wildman–Crippen LogP) is -1.97. The molecule has 0 rings (SSSR count). The largest absolute Gasteiger partial charge is 0.480 e. The molecule has 0 saturated heterocycles. The topological polar surface area (TPSA) is 382 Å². The first-order chi connectivity index (χ1) is 14.0. The van der Waals surface area contributed by atoms with Gasteiger partial charge in [0.1, 0.15) is 0 Å². The first-order valence-corrected chi connectivity index (χ1v) is 17.2. The zero-order valence-electron chi connectivity index (χ0n) is 15.8. The van der Waals surface area contributed by atoms with E-state index in [4.69, 9.17) is 0 Å². The van der Waals surface area contributed by atoms with Crippen LogP contribution in [0, 0.1) is 0 Å². The van der Waals surface area contributed by atoms with Crippen LogP contribution in [0.5, 0.6) is 0 Å². The molecular weight excluding hydrogens is 590 g/mol. The van der Waals surface area contributed by atoms with Crippen molar-refractivity contribution < 1.29 is 96.0 Å². The third-order valence-electron chi connectivity index (χ3n) is 4.57. The second-order valence-corrected chi connectivity index (χ2v) is 18.5. The van der Waals surface area contributed by atoms with E-state index >= 15 is 0 Å². The van der Waals surface area contributed by atoms with Gasteiger partial charge in [0, 0.05) is 0 Å². The van der Waals surface area contributed by atoms with E-state index in [0.717, 1.165) is 6.92 Å². The normalized spacial score (nSPS) is 17.5. The number of carboxylic acid groups (broad SMARTS) is 1. The van der Waals surface area contributed by atoms with Crippen LogP contribution in [0.2, 0.25) is 0 Å². The van der Waals surface area contributed by atoms with Crippen LogP contribution in [-0.4, -0.2) is 84.5 Å². The quantitative estimate of drug-likeness (QED) is 0.113. The summed E-state index contributed by atoms with van der Waals surface area (Å²) < 4.78 is 67.8. The van der Waals surface area contributed by atoms with Gasteiger partial charge in [-0.05, 0) is 6.42 Å². The monoisotopic (exact) mass is 610 g/mol. The Kier molecular flexibility index (Phi) is 9.14. The van der Waals surface area contributed by atoms with Gasteiger partial charge in [-0.2, -0.15) is 0 Å². The predicted molar refractivity (Wildman–Crippen MR) is 103 cm³/mol. The van der Waals surface area contributed by atoms with Crippen molar-refractivity contribution in [3.8, 4) is 0 Å². The lowest BCUT2D eigenvalue weighted by Crippen LogP contribution is -2.68. The molecule has 0 aliphatic heterocycles. The van der Waals surface area contributed by atoms with E-state index < -0.39 is 79.1 Å². The van der Waals surface area contributed by atoms with E-state index in [9.17, 15) is 96.0 Å². The van der Waals surface area contributed by atoms with E-state index in [1.54, 1.807) is 0 Å². The van der Waals surface area contributed by atoms with E-state index in [-0.39, 0.29) is 0 Å². The van der Waals surface area contributed by atoms with Crippen LogP contribution in [-0.2, 0) is 32.2 Å². The fraction of sp³-hybridized carbons (Fsp3) is 0.857. The summed E-state index contributed by atoms with van der Waals surface area (Å²) >= 11 is 0. The smallest absolute Gasteiger partial charge is 0.358 e. The molecule has 0 heterocycles. The molecule has 0 aromatic carbocycles. The molecule has 0 fully saturated rings. The van der Waals surface area contributed by atoms with Gasteiger partial charge < -0.3 is 63.8 Å². The minimum absolute atomic E-state index is 0.728. The Hall–Kier alpha value is 0.370. The summed E-state index contributed by atoms with van der Waals surface area (Å²) in [5.41, 5.74) is 0. The van der Waals surface area contributed by atoms with Crippen LogP contribution in [0.3, 0.4) is 0 Å². The van der Waals surface area contributed by atoms with Crippen molar-refractivity contribution in [2.45, 2.75) is 34.5 Å². The van der Waals surface area contributed by atoms with Crippen LogP contribution in [0.15, 0.2) is 0 Å². The summed E-state index contributed by atoms with van der Waals surface area (Å²) in [6, 6.07) is 0. The first kappa shape index (κ1) is 33.4. The Morgan fingerprint density at radius 3 is 0.970 bits per heavy atom. The molecule has 13 N–H and O–H groups in total. The zero-order valence-corrected chi connectivity index (χ0v) is 21.1. The lowest BCUT2D eigenvalue weighted by atomic mass is 9.98. The van der Waals surface area contributed by atoms with Gasteiger partial charge >= 0.3 is 56.2 Å². The highest BCUT2D eigenvalue weighted by molar-refractivity contribution is 7.93. The van der Waals surface area contributed by atoms with Gasteiger partial charge in [0.15, 0.2) is 5.16 Å². The van der Waals surface area contributed by atoms with Crippen LogP contribution >= 0.6 is 45.6 Å². The second-order valence-electron chi connectivity index (χ2n) is 6.49. The van der Waals surface area contributed by atoms with Crippen molar-refractivity contribution in [3.63, 3.8) is 0 Å². The molecule has 26 heteroatoms. The molecule has 0 spiro atoms. The van der Waals surface area contributed by atoms with E-state index in [2.05, 4.69) is 0 Å². The highest BCUT2D eigenvalue weighted by Gasteiger charge is 2.99. The van der Waals surface area contributed by atoms with Gasteiger partial charge in [-0.1, -0.05) is 13.3 Å². The Labute approximate surface area is 182 Å².